The van der Waals surface area contributed by atoms with Gasteiger partial charge in [-0.3, -0.25) is 15.4 Å². The first-order valence-corrected chi connectivity index (χ1v) is 12.0. The average Bonchev–Trinajstić information content (AvgIpc) is 2.78. The molecule has 1 aromatic heterocycles. The molecule has 3 rings (SSSR count). The van der Waals surface area contributed by atoms with Crippen molar-refractivity contribution in [3.8, 4) is 0 Å². The van der Waals surface area contributed by atoms with Gasteiger partial charge in [0.2, 0.25) is 0 Å². The molecular weight excluding hydrogens is 502 g/mol. The molecule has 0 aliphatic carbocycles. The van der Waals surface area contributed by atoms with Crippen LogP contribution in [0.5, 0.6) is 0 Å². The summed E-state index contributed by atoms with van der Waals surface area (Å²) in [6.45, 7) is 2.23. The first kappa shape index (κ1) is 24.0. The molecule has 150 valence electrons. The number of benzene rings is 2. The number of hydrogen-bond donors (Lipinski definition) is 1. The normalized spacial score (nSPS) is 11.5. The van der Waals surface area contributed by atoms with E-state index in [1.807, 2.05) is 48.5 Å². The first-order valence-electron chi connectivity index (χ1n) is 9.61. The molecule has 0 spiro atoms. The predicted octanol–water partition coefficient (Wildman–Crippen LogP) is 5.17. The number of hydrogen-bond acceptors (Lipinski definition) is 4. The van der Waals surface area contributed by atoms with Gasteiger partial charge in [0.25, 0.3) is 0 Å². The predicted molar refractivity (Wildman–Crippen MR) is 126 cm³/mol. The van der Waals surface area contributed by atoms with Crippen molar-refractivity contribution < 1.29 is 4.39 Å². The average molecular weight is 525 g/mol. The summed E-state index contributed by atoms with van der Waals surface area (Å²) in [6, 6.07) is 21.3. The largest absolute Gasteiger partial charge is 0.741 e. The summed E-state index contributed by atoms with van der Waals surface area (Å²) < 4.78 is 15.1. The summed E-state index contributed by atoms with van der Waals surface area (Å²) in [5, 5.41) is 4.40. The summed E-state index contributed by atoms with van der Waals surface area (Å²) in [6.07, 6.45) is 4.49. The van der Waals surface area contributed by atoms with Gasteiger partial charge in [-0.15, -0.1) is 0 Å². The van der Waals surface area contributed by atoms with Crippen LogP contribution in [0.3, 0.4) is 0 Å². The summed E-state index contributed by atoms with van der Waals surface area (Å²) >= 11 is 6.83. The Balaban J connectivity index is 0.000000575. The molecule has 2 aromatic carbocycles. The number of nitrogens with zero attached hydrogens (tertiary/aromatic N) is 3. The zero-order valence-electron chi connectivity index (χ0n) is 16.8. The quantitative estimate of drug-likeness (QED) is 0.159. The van der Waals surface area contributed by atoms with E-state index in [4.69, 9.17) is 12.6 Å². The molecule has 3 aromatic rings. The summed E-state index contributed by atoms with van der Waals surface area (Å²) in [4.78, 5) is 8.36. The van der Waals surface area contributed by atoms with Crippen molar-refractivity contribution >= 4 is 51.7 Å². The fourth-order valence-corrected chi connectivity index (χ4v) is 3.48. The summed E-state index contributed by atoms with van der Waals surface area (Å²) in [5.41, 5.74) is 5.05. The third-order valence-electron chi connectivity index (χ3n) is 3.82. The second-order valence-electron chi connectivity index (χ2n) is 6.13. The number of nitrogens with one attached hydrogen (secondary N) is 1. The number of aromatic nitrogens is 1. The second kappa shape index (κ2) is 13.8. The van der Waals surface area contributed by atoms with E-state index in [1.165, 1.54) is 23.3 Å². The molecule has 0 amide bonds. The van der Waals surface area contributed by atoms with E-state index in [2.05, 4.69) is 27.4 Å². The van der Waals surface area contributed by atoms with Crippen molar-refractivity contribution in [1.82, 2.24) is 10.4 Å². The third kappa shape index (κ3) is 8.20. The van der Waals surface area contributed by atoms with Crippen molar-refractivity contribution in [2.45, 2.75) is 24.2 Å². The molecule has 0 saturated heterocycles. The summed E-state index contributed by atoms with van der Waals surface area (Å²) in [5.74, 6) is -0.441. The molecule has 0 saturated carbocycles. The van der Waals surface area contributed by atoms with Gasteiger partial charge in [0.1, 0.15) is 11.5 Å². The van der Waals surface area contributed by atoms with Gasteiger partial charge in [-0.2, -0.15) is 5.10 Å². The van der Waals surface area contributed by atoms with Crippen molar-refractivity contribution in [3.05, 3.63) is 96.1 Å². The van der Waals surface area contributed by atoms with Gasteiger partial charge in [0.15, 0.2) is 0 Å². The van der Waals surface area contributed by atoms with Crippen LogP contribution in [0.2, 0.25) is 4.44 Å². The first-order chi connectivity index (χ1) is 14.7. The van der Waals surface area contributed by atoms with Crippen LogP contribution in [0, 0.1) is 5.82 Å². The molecule has 1 heterocycles. The maximum absolute atomic E-state index is 13.7. The zero-order valence-corrected chi connectivity index (χ0v) is 20.4. The molecule has 30 heavy (non-hydrogen) atoms. The number of amidine groups is 1. The van der Waals surface area contributed by atoms with Gasteiger partial charge in [0.05, 0.1) is 11.4 Å². The van der Waals surface area contributed by atoms with Gasteiger partial charge < -0.3 is 12.6 Å². The molecule has 0 fully saturated rings. The molecule has 0 aliphatic rings. The Morgan fingerprint density at radius 3 is 2.33 bits per heavy atom. The van der Waals surface area contributed by atoms with E-state index in [9.17, 15) is 4.39 Å². The third-order valence-corrected chi connectivity index (χ3v) is 5.01. The summed E-state index contributed by atoms with van der Waals surface area (Å²) in [7, 11) is 0. The topological polar surface area (TPSA) is 49.6 Å². The molecule has 0 radical (unpaired) electrons. The molecule has 1 N–H and O–H groups in total. The number of aliphatic imine (C=N–C) groups is 1. The number of hydrazone groups is 1. The number of unbranched alkanes of at least 4 members (excludes halogenated alkanes) is 1. The van der Waals surface area contributed by atoms with Gasteiger partial charge in [-0.25, -0.2) is 4.39 Å². The minimum Gasteiger partial charge on any atom is -0.741 e. The number of halogens is 1. The number of rotatable bonds is 6. The molecule has 0 atom stereocenters. The van der Waals surface area contributed by atoms with Crippen LogP contribution in [0.15, 0.2) is 89.1 Å². The van der Waals surface area contributed by atoms with Gasteiger partial charge in [-0.05, 0) is 24.3 Å². The zero-order chi connectivity index (χ0) is 21.6. The van der Waals surface area contributed by atoms with Crippen molar-refractivity contribution in [1.29, 1.82) is 0 Å². The van der Waals surface area contributed by atoms with Crippen LogP contribution in [0.25, 0.3) is 0 Å². The van der Waals surface area contributed by atoms with E-state index < -0.39 is 5.82 Å². The Labute approximate surface area is 196 Å². The van der Waals surface area contributed by atoms with Crippen molar-refractivity contribution in [2.75, 3.05) is 0 Å². The molecule has 0 aliphatic heterocycles. The van der Waals surface area contributed by atoms with Crippen LogP contribution in [0.4, 0.5) is 10.1 Å². The molecular formula is C23H23FN4SSn+2. The monoisotopic (exact) mass is 526 g/mol. The van der Waals surface area contributed by atoms with E-state index in [0.717, 1.165) is 5.56 Å². The molecule has 7 heteroatoms. The smallest absolute Gasteiger partial charge is 0.148 e. The van der Waals surface area contributed by atoms with Crippen LogP contribution in [-0.2, 0) is 12.6 Å². The Bertz CT molecular complexity index is 906. The van der Waals surface area contributed by atoms with Crippen LogP contribution in [0.1, 0.15) is 31.0 Å². The number of pyridine rings is 1. The van der Waals surface area contributed by atoms with Crippen molar-refractivity contribution in [2.24, 2.45) is 10.1 Å². The number of para-hydroxylation sites is 1. The minimum absolute atomic E-state index is 0.0643. The van der Waals surface area contributed by atoms with Crippen LogP contribution < -0.4 is 5.43 Å². The fourth-order valence-electron chi connectivity index (χ4n) is 2.33. The Hall–Kier alpha value is -2.32. The standard InChI is InChI=1S/C19H15FN4S.C4H9.Sn/c20-15-10-4-5-11-16(15)22-19(25)24-23-18(14-8-2-1-3-9-14)17-12-6-7-13-21-17;1-3-4-2;/h1-13H,(H2,22,24,25);1,3-4H2,2H3;/q;;+3/p-1/b23-18+;;. The molecule has 0 bridgehead atoms. The van der Waals surface area contributed by atoms with Gasteiger partial charge in [0, 0.05) is 16.9 Å². The Kier molecular flexibility index (Phi) is 11.0. The van der Waals surface area contributed by atoms with Gasteiger partial charge >= 0.3 is 46.7 Å². The molecule has 4 nitrogen and oxygen atoms in total. The SMILES string of the molecule is CCC[CH2][Sn+3].Fc1ccccc1N=C([S-])N/N=C(\c1ccccc1)c1ccccn1. The van der Waals surface area contributed by atoms with E-state index in [0.29, 0.717) is 11.4 Å². The van der Waals surface area contributed by atoms with E-state index >= 15 is 0 Å². The minimum atomic E-state index is -0.441. The van der Waals surface area contributed by atoms with E-state index in [1.54, 1.807) is 46.9 Å². The van der Waals surface area contributed by atoms with Crippen LogP contribution >= 0.6 is 0 Å². The Morgan fingerprint density at radius 1 is 1.03 bits per heavy atom. The second-order valence-corrected chi connectivity index (χ2v) is 7.94. The Morgan fingerprint density at radius 2 is 1.73 bits per heavy atom. The fraction of sp³-hybridized carbons (Fsp3) is 0.174. The van der Waals surface area contributed by atoms with Crippen LogP contribution in [-0.4, -0.2) is 38.4 Å². The van der Waals surface area contributed by atoms with Gasteiger partial charge in [-0.1, -0.05) is 48.5 Å². The van der Waals surface area contributed by atoms with E-state index in [-0.39, 0.29) is 10.9 Å². The maximum atomic E-state index is 13.7. The van der Waals surface area contributed by atoms with Crippen molar-refractivity contribution in [3.63, 3.8) is 0 Å². The molecule has 0 unspecified atom stereocenters. The maximum Gasteiger partial charge on any atom is 0.148 e.